The van der Waals surface area contributed by atoms with Crippen LogP contribution in [0.4, 0.5) is 0 Å². The van der Waals surface area contributed by atoms with Gasteiger partial charge in [0, 0.05) is 19.2 Å². The predicted octanol–water partition coefficient (Wildman–Crippen LogP) is -1.17. The second-order valence-corrected chi connectivity index (χ2v) is 4.40. The van der Waals surface area contributed by atoms with Gasteiger partial charge in [-0.3, -0.25) is 14.2 Å². The summed E-state index contributed by atoms with van der Waals surface area (Å²) in [4.78, 5) is 25.5. The van der Waals surface area contributed by atoms with Gasteiger partial charge in [-0.2, -0.15) is 4.98 Å². The van der Waals surface area contributed by atoms with E-state index < -0.39 is 36.1 Å². The molecule has 0 saturated carbocycles. The van der Waals surface area contributed by atoms with Crippen LogP contribution in [0.25, 0.3) is 0 Å². The monoisotopic (exact) mass is 268 g/mol. The summed E-state index contributed by atoms with van der Waals surface area (Å²) in [6.45, 7) is 1.23. The van der Waals surface area contributed by atoms with E-state index in [9.17, 15) is 14.7 Å². The van der Waals surface area contributed by atoms with Crippen molar-refractivity contribution < 1.29 is 24.1 Å². The molecular weight excluding hydrogens is 256 g/mol. The minimum Gasteiger partial charge on any atom is -0.463 e. The number of carbonyl (C=O) groups excluding carboxylic acids is 1. The molecule has 0 radical (unpaired) electrons. The molecule has 0 aliphatic carbocycles. The van der Waals surface area contributed by atoms with Crippen LogP contribution in [0, 0.1) is 0 Å². The molecule has 1 aromatic heterocycles. The zero-order valence-electron chi connectivity index (χ0n) is 10.1. The van der Waals surface area contributed by atoms with Crippen molar-refractivity contribution in [2.45, 2.75) is 31.5 Å². The van der Waals surface area contributed by atoms with Crippen LogP contribution in [-0.4, -0.2) is 45.5 Å². The molecule has 8 heteroatoms. The van der Waals surface area contributed by atoms with E-state index in [-0.39, 0.29) is 12.6 Å². The molecule has 0 amide bonds. The number of aliphatic hydroxyl groups is 1. The Labute approximate surface area is 107 Å². The Morgan fingerprint density at radius 3 is 3.16 bits per heavy atom. The molecule has 0 unspecified atom stereocenters. The third kappa shape index (κ3) is 1.98. The van der Waals surface area contributed by atoms with Crippen LogP contribution in [0.3, 0.4) is 0 Å². The normalized spacial score (nSPS) is 31.5. The minimum atomic E-state index is -0.957. The third-order valence-electron chi connectivity index (χ3n) is 3.08. The van der Waals surface area contributed by atoms with Gasteiger partial charge in [-0.15, -0.1) is 0 Å². The van der Waals surface area contributed by atoms with Gasteiger partial charge in [0.05, 0.1) is 0 Å². The quantitative estimate of drug-likeness (QED) is 0.674. The molecule has 1 fully saturated rings. The molecule has 3 heterocycles. The molecule has 0 spiro atoms. The highest BCUT2D eigenvalue weighted by molar-refractivity contribution is 5.65. The average molecular weight is 268 g/mol. The summed E-state index contributed by atoms with van der Waals surface area (Å²) in [7, 11) is 0. The van der Waals surface area contributed by atoms with E-state index in [1.165, 1.54) is 23.8 Å². The van der Waals surface area contributed by atoms with Gasteiger partial charge in [-0.1, -0.05) is 0 Å². The highest BCUT2D eigenvalue weighted by atomic mass is 16.6. The zero-order valence-corrected chi connectivity index (χ0v) is 10.1. The minimum absolute atomic E-state index is 0.0458. The second kappa shape index (κ2) is 4.32. The lowest BCUT2D eigenvalue weighted by molar-refractivity contribution is -0.147. The lowest BCUT2D eigenvalue weighted by Crippen LogP contribution is -2.36. The van der Waals surface area contributed by atoms with Gasteiger partial charge in [-0.25, -0.2) is 0 Å². The lowest BCUT2D eigenvalue weighted by atomic mass is 10.1. The van der Waals surface area contributed by atoms with E-state index in [1.807, 2.05) is 0 Å². The highest BCUT2D eigenvalue weighted by Gasteiger charge is 2.51. The van der Waals surface area contributed by atoms with E-state index in [0.717, 1.165) is 0 Å². The molecule has 4 atom stereocenters. The van der Waals surface area contributed by atoms with E-state index >= 15 is 0 Å². The number of ether oxygens (including phenoxy) is 3. The number of hydrogen-bond acceptors (Lipinski definition) is 7. The molecule has 2 aliphatic rings. The van der Waals surface area contributed by atoms with Crippen LogP contribution in [0.2, 0.25) is 0 Å². The molecular formula is C11H12N2O6. The Hall–Kier alpha value is -1.93. The SMILES string of the molecule is CC(=O)OC[C@@H]1O[C@@H]2[C@@H](Oc3nc(=O)ccn32)[C@@H]1O. The van der Waals surface area contributed by atoms with E-state index in [0.29, 0.717) is 0 Å². The molecule has 0 bridgehead atoms. The summed E-state index contributed by atoms with van der Waals surface area (Å²) in [6.07, 6.45) is -1.35. The summed E-state index contributed by atoms with van der Waals surface area (Å²) in [5.41, 5.74) is -0.419. The number of nitrogens with zero attached hydrogens (tertiary/aromatic N) is 2. The smallest absolute Gasteiger partial charge is 0.302 e. The van der Waals surface area contributed by atoms with Crippen molar-refractivity contribution in [3.8, 4) is 6.01 Å². The van der Waals surface area contributed by atoms with E-state index in [4.69, 9.17) is 14.2 Å². The first-order valence-corrected chi connectivity index (χ1v) is 5.79. The Kier molecular flexibility index (Phi) is 2.76. The fourth-order valence-electron chi connectivity index (χ4n) is 2.21. The van der Waals surface area contributed by atoms with Gasteiger partial charge in [0.15, 0.2) is 12.3 Å². The summed E-state index contributed by atoms with van der Waals surface area (Å²) in [6, 6.07) is 1.40. The molecule has 8 nitrogen and oxygen atoms in total. The Morgan fingerprint density at radius 2 is 2.42 bits per heavy atom. The molecule has 1 saturated heterocycles. The number of hydrogen-bond donors (Lipinski definition) is 1. The average Bonchev–Trinajstić information content (AvgIpc) is 2.84. The maximum Gasteiger partial charge on any atom is 0.302 e. The molecule has 1 aromatic rings. The Morgan fingerprint density at radius 1 is 1.63 bits per heavy atom. The number of aliphatic hydroxyl groups excluding tert-OH is 1. The van der Waals surface area contributed by atoms with Crippen molar-refractivity contribution in [3.05, 3.63) is 22.6 Å². The van der Waals surface area contributed by atoms with Crippen LogP contribution in [-0.2, 0) is 14.3 Å². The van der Waals surface area contributed by atoms with E-state index in [2.05, 4.69) is 4.98 Å². The molecule has 3 rings (SSSR count). The number of fused-ring (bicyclic) bond motifs is 3. The molecule has 102 valence electrons. The zero-order chi connectivity index (χ0) is 13.6. The van der Waals surface area contributed by atoms with Crippen molar-refractivity contribution in [3.63, 3.8) is 0 Å². The van der Waals surface area contributed by atoms with Gasteiger partial charge in [0.25, 0.3) is 5.56 Å². The summed E-state index contributed by atoms with van der Waals surface area (Å²) < 4.78 is 17.3. The first-order chi connectivity index (χ1) is 9.06. The fraction of sp³-hybridized carbons (Fsp3) is 0.545. The molecule has 2 aliphatic heterocycles. The van der Waals surface area contributed by atoms with Crippen LogP contribution >= 0.6 is 0 Å². The summed E-state index contributed by atoms with van der Waals surface area (Å²) >= 11 is 0. The van der Waals surface area contributed by atoms with Crippen LogP contribution in [0.1, 0.15) is 13.2 Å². The first-order valence-electron chi connectivity index (χ1n) is 5.79. The van der Waals surface area contributed by atoms with Gasteiger partial charge in [0.2, 0.25) is 0 Å². The lowest BCUT2D eigenvalue weighted by Gasteiger charge is -2.16. The number of esters is 1. The van der Waals surface area contributed by atoms with Crippen molar-refractivity contribution in [2.24, 2.45) is 0 Å². The fourth-order valence-corrected chi connectivity index (χ4v) is 2.21. The second-order valence-electron chi connectivity index (χ2n) is 4.40. The number of aromatic nitrogens is 2. The Balaban J connectivity index is 1.79. The van der Waals surface area contributed by atoms with Gasteiger partial charge < -0.3 is 19.3 Å². The van der Waals surface area contributed by atoms with Crippen molar-refractivity contribution in [1.29, 1.82) is 0 Å². The van der Waals surface area contributed by atoms with E-state index in [1.54, 1.807) is 0 Å². The molecule has 1 N–H and O–H groups in total. The van der Waals surface area contributed by atoms with Gasteiger partial charge >= 0.3 is 12.0 Å². The van der Waals surface area contributed by atoms with Crippen molar-refractivity contribution in [1.82, 2.24) is 9.55 Å². The first kappa shape index (κ1) is 12.1. The van der Waals surface area contributed by atoms with Gasteiger partial charge in [-0.05, 0) is 0 Å². The molecule has 19 heavy (non-hydrogen) atoms. The Bertz CT molecular complexity index is 571. The standard InChI is InChI=1S/C11H12N2O6/c1-5(14)17-4-6-8(16)9-10(18-6)13-3-2-7(15)12-11(13)19-9/h2-3,6,8-10,16H,4H2,1H3/t6-,8+,9-,10+/m0/s1. The largest absolute Gasteiger partial charge is 0.463 e. The topological polar surface area (TPSA) is 99.9 Å². The highest BCUT2D eigenvalue weighted by Crippen LogP contribution is 2.38. The number of rotatable bonds is 2. The summed E-state index contributed by atoms with van der Waals surface area (Å²) in [5.74, 6) is -0.445. The maximum absolute atomic E-state index is 11.1. The van der Waals surface area contributed by atoms with Crippen molar-refractivity contribution >= 4 is 5.97 Å². The van der Waals surface area contributed by atoms with Crippen LogP contribution < -0.4 is 10.3 Å². The van der Waals surface area contributed by atoms with Crippen molar-refractivity contribution in [2.75, 3.05) is 6.61 Å². The summed E-state index contributed by atoms with van der Waals surface area (Å²) in [5, 5.41) is 10.1. The van der Waals surface area contributed by atoms with Crippen LogP contribution in [0.5, 0.6) is 6.01 Å². The van der Waals surface area contributed by atoms with Gasteiger partial charge in [0.1, 0.15) is 18.8 Å². The number of carbonyl (C=O) groups is 1. The maximum atomic E-state index is 11.1. The third-order valence-corrected chi connectivity index (χ3v) is 3.08. The molecule has 0 aromatic carbocycles. The predicted molar refractivity (Wildman–Crippen MR) is 59.5 cm³/mol. The van der Waals surface area contributed by atoms with Crippen LogP contribution in [0.15, 0.2) is 17.1 Å².